The van der Waals surface area contributed by atoms with Crippen LogP contribution in [0, 0.1) is 0 Å². The van der Waals surface area contributed by atoms with Crippen LogP contribution in [-0.4, -0.2) is 52.6 Å². The van der Waals surface area contributed by atoms with Crippen LogP contribution in [0.5, 0.6) is 0 Å². The second-order valence-electron chi connectivity index (χ2n) is 3.68. The molecule has 0 aromatic heterocycles. The first kappa shape index (κ1) is 15.7. The largest absolute Gasteiger partial charge is 0.302 e. The van der Waals surface area contributed by atoms with E-state index in [0.29, 0.717) is 52.6 Å². The van der Waals surface area contributed by atoms with E-state index in [9.17, 15) is 0 Å². The molecule has 0 atom stereocenters. The molecule has 108 valence electrons. The molecular weight excluding hydrogens is 240 g/mol. The molecule has 0 aliphatic carbocycles. The van der Waals surface area contributed by atoms with Gasteiger partial charge in [-0.15, -0.1) is 0 Å². The summed E-state index contributed by atoms with van der Waals surface area (Å²) in [6, 6.07) is 0. The fraction of sp³-hybridized carbons (Fsp3) is 1.00. The fourth-order valence-corrected chi connectivity index (χ4v) is 1.19. The third-order valence-corrected chi connectivity index (χ3v) is 2.05. The van der Waals surface area contributed by atoms with Gasteiger partial charge in [0.15, 0.2) is 0 Å². The molecule has 8 heteroatoms. The topological polar surface area (TPSA) is 85.0 Å². The first-order valence-electron chi connectivity index (χ1n) is 6.39. The number of hydroxylamine groups is 4. The Morgan fingerprint density at radius 1 is 0.444 bits per heavy atom. The molecule has 4 N–H and O–H groups in total. The van der Waals surface area contributed by atoms with Crippen molar-refractivity contribution in [2.45, 2.75) is 12.8 Å². The van der Waals surface area contributed by atoms with E-state index < -0.39 is 0 Å². The van der Waals surface area contributed by atoms with Crippen molar-refractivity contribution < 1.29 is 19.4 Å². The van der Waals surface area contributed by atoms with Crippen molar-refractivity contribution in [1.82, 2.24) is 21.9 Å². The highest BCUT2D eigenvalue weighted by molar-refractivity contribution is 4.40. The molecule has 0 amide bonds. The van der Waals surface area contributed by atoms with Crippen molar-refractivity contribution >= 4 is 0 Å². The molecule has 18 heavy (non-hydrogen) atoms. The van der Waals surface area contributed by atoms with Gasteiger partial charge in [0.1, 0.15) is 0 Å². The molecule has 1 aliphatic heterocycles. The monoisotopic (exact) mass is 264 g/mol. The molecule has 1 rings (SSSR count). The summed E-state index contributed by atoms with van der Waals surface area (Å²) in [4.78, 5) is 20.8. The van der Waals surface area contributed by atoms with Crippen molar-refractivity contribution in [3.63, 3.8) is 0 Å². The van der Waals surface area contributed by atoms with Crippen molar-refractivity contribution in [3.8, 4) is 0 Å². The normalized spacial score (nSPS) is 24.0. The summed E-state index contributed by atoms with van der Waals surface area (Å²) in [5, 5.41) is 0. The lowest BCUT2D eigenvalue weighted by Gasteiger charge is -2.10. The van der Waals surface area contributed by atoms with Gasteiger partial charge in [-0.1, -0.05) is 0 Å². The Balaban J connectivity index is 2.00. The van der Waals surface area contributed by atoms with E-state index in [-0.39, 0.29) is 0 Å². The van der Waals surface area contributed by atoms with E-state index in [2.05, 4.69) is 21.9 Å². The quantitative estimate of drug-likeness (QED) is 0.437. The minimum absolute atomic E-state index is 0.615. The Bertz CT molecular complexity index is 101. The summed E-state index contributed by atoms with van der Waals surface area (Å²) >= 11 is 0. The van der Waals surface area contributed by atoms with Crippen molar-refractivity contribution in [2.24, 2.45) is 0 Å². The van der Waals surface area contributed by atoms with Crippen LogP contribution in [0.25, 0.3) is 0 Å². The Labute approximate surface area is 107 Å². The first-order valence-corrected chi connectivity index (χ1v) is 6.39. The average Bonchev–Trinajstić information content (AvgIpc) is 2.39. The molecule has 1 heterocycles. The van der Waals surface area contributed by atoms with Gasteiger partial charge in [0.25, 0.3) is 0 Å². The second kappa shape index (κ2) is 13.1. The second-order valence-corrected chi connectivity index (χ2v) is 3.68. The third kappa shape index (κ3) is 10.8. The molecule has 1 aliphatic rings. The van der Waals surface area contributed by atoms with Gasteiger partial charge in [-0.25, -0.2) is 21.9 Å². The lowest BCUT2D eigenvalue weighted by Crippen LogP contribution is -2.30. The minimum Gasteiger partial charge on any atom is -0.302 e. The molecule has 0 aromatic carbocycles. The van der Waals surface area contributed by atoms with Crippen LogP contribution >= 0.6 is 0 Å². The maximum absolute atomic E-state index is 5.19. The van der Waals surface area contributed by atoms with Crippen molar-refractivity contribution in [3.05, 3.63) is 0 Å². The number of nitrogens with one attached hydrogen (secondary N) is 4. The zero-order chi connectivity index (χ0) is 12.7. The maximum Gasteiger partial charge on any atom is 0.0704 e. The summed E-state index contributed by atoms with van der Waals surface area (Å²) in [5.41, 5.74) is 11.3. The van der Waals surface area contributed by atoms with Gasteiger partial charge in [-0.05, 0) is 12.8 Å². The minimum atomic E-state index is 0.615. The molecule has 0 spiro atoms. The van der Waals surface area contributed by atoms with E-state index in [4.69, 9.17) is 19.4 Å². The number of hydrogen-bond donors (Lipinski definition) is 4. The van der Waals surface area contributed by atoms with E-state index in [1.54, 1.807) is 0 Å². The highest BCUT2D eigenvalue weighted by atomic mass is 16.7. The SMILES string of the molecule is C1CONCCNOCCCONCCNOC1. The van der Waals surface area contributed by atoms with Crippen LogP contribution in [0.2, 0.25) is 0 Å². The summed E-state index contributed by atoms with van der Waals surface area (Å²) in [5.74, 6) is 0. The molecule has 0 radical (unpaired) electrons. The van der Waals surface area contributed by atoms with Crippen LogP contribution in [0.3, 0.4) is 0 Å². The Kier molecular flexibility index (Phi) is 11.5. The van der Waals surface area contributed by atoms with Crippen LogP contribution in [0.15, 0.2) is 0 Å². The van der Waals surface area contributed by atoms with Crippen molar-refractivity contribution in [1.29, 1.82) is 0 Å². The molecule has 8 nitrogen and oxygen atoms in total. The highest BCUT2D eigenvalue weighted by Gasteiger charge is 1.94. The van der Waals surface area contributed by atoms with Crippen LogP contribution < -0.4 is 21.9 Å². The predicted octanol–water partition coefficient (Wildman–Crippen LogP) is -1.13. The molecule has 0 aromatic rings. The Hall–Kier alpha value is -0.320. The summed E-state index contributed by atoms with van der Waals surface area (Å²) in [7, 11) is 0. The van der Waals surface area contributed by atoms with Gasteiger partial charge in [0.2, 0.25) is 0 Å². The zero-order valence-electron chi connectivity index (χ0n) is 10.7. The molecular formula is C10H24N4O4. The lowest BCUT2D eigenvalue weighted by molar-refractivity contribution is -0.0269. The zero-order valence-corrected chi connectivity index (χ0v) is 10.7. The summed E-state index contributed by atoms with van der Waals surface area (Å²) in [6.45, 7) is 5.23. The first-order chi connectivity index (χ1) is 9.00. The van der Waals surface area contributed by atoms with E-state index in [1.165, 1.54) is 0 Å². The number of hydrogen-bond acceptors (Lipinski definition) is 8. The average molecular weight is 264 g/mol. The molecule has 1 fully saturated rings. The molecule has 0 saturated carbocycles. The van der Waals surface area contributed by atoms with E-state index in [1.807, 2.05) is 0 Å². The van der Waals surface area contributed by atoms with E-state index >= 15 is 0 Å². The van der Waals surface area contributed by atoms with Gasteiger partial charge in [-0.2, -0.15) is 0 Å². The molecule has 1 saturated heterocycles. The van der Waals surface area contributed by atoms with E-state index in [0.717, 1.165) is 12.8 Å². The highest BCUT2D eigenvalue weighted by Crippen LogP contribution is 1.82. The van der Waals surface area contributed by atoms with Gasteiger partial charge < -0.3 is 19.4 Å². The smallest absolute Gasteiger partial charge is 0.0704 e. The van der Waals surface area contributed by atoms with Crippen LogP contribution in [0.4, 0.5) is 0 Å². The molecule has 0 bridgehead atoms. The Morgan fingerprint density at radius 2 is 0.722 bits per heavy atom. The van der Waals surface area contributed by atoms with Gasteiger partial charge in [0, 0.05) is 26.2 Å². The lowest BCUT2D eigenvalue weighted by atomic mass is 10.5. The van der Waals surface area contributed by atoms with Crippen molar-refractivity contribution in [2.75, 3.05) is 52.6 Å². The summed E-state index contributed by atoms with van der Waals surface area (Å²) < 4.78 is 0. The predicted molar refractivity (Wildman–Crippen MR) is 65.1 cm³/mol. The molecule has 0 unspecified atom stereocenters. The Morgan fingerprint density at radius 3 is 1.00 bits per heavy atom. The van der Waals surface area contributed by atoms with Gasteiger partial charge in [-0.3, -0.25) is 0 Å². The third-order valence-electron chi connectivity index (χ3n) is 2.05. The van der Waals surface area contributed by atoms with Gasteiger partial charge in [0.05, 0.1) is 26.4 Å². The van der Waals surface area contributed by atoms with Gasteiger partial charge >= 0.3 is 0 Å². The number of rotatable bonds is 0. The summed E-state index contributed by atoms with van der Waals surface area (Å²) in [6.07, 6.45) is 1.65. The fourth-order valence-electron chi connectivity index (χ4n) is 1.19. The standard InChI is InChI=1S/C10H24N4O4/c1-7-15-11-3-5-13-17-9-2-10-18-14-6-4-12-16-8-1/h11-14H,1-10H2. The maximum atomic E-state index is 5.19. The van der Waals surface area contributed by atoms with Crippen LogP contribution in [0.1, 0.15) is 12.8 Å². The van der Waals surface area contributed by atoms with Crippen LogP contribution in [-0.2, 0) is 19.4 Å².